The number of H-pyrrole nitrogens is 2. The largest absolute Gasteiger partial charge is 0.319 e. The second kappa shape index (κ2) is 5.61. The molecule has 1 aromatic carbocycles. The lowest BCUT2D eigenvalue weighted by Crippen LogP contribution is -2.18. The lowest BCUT2D eigenvalue weighted by Gasteiger charge is -2.08. The number of rotatable bonds is 3. The smallest absolute Gasteiger partial charge is 0.270 e. The molecule has 6 nitrogen and oxygen atoms in total. The second-order valence-corrected chi connectivity index (χ2v) is 6.60. The fourth-order valence-electron chi connectivity index (χ4n) is 2.64. The number of benzene rings is 1. The van der Waals surface area contributed by atoms with Crippen LogP contribution in [0.3, 0.4) is 0 Å². The van der Waals surface area contributed by atoms with Gasteiger partial charge in [-0.1, -0.05) is 27.7 Å². The Labute approximate surface area is 133 Å². The molecule has 23 heavy (non-hydrogen) atoms. The Kier molecular flexibility index (Phi) is 3.75. The Morgan fingerprint density at radius 1 is 0.913 bits per heavy atom. The molecule has 0 amide bonds. The van der Waals surface area contributed by atoms with E-state index in [0.717, 1.165) is 0 Å². The van der Waals surface area contributed by atoms with Gasteiger partial charge in [0.05, 0.1) is 22.1 Å². The first-order valence-corrected chi connectivity index (χ1v) is 7.82. The highest BCUT2D eigenvalue weighted by Gasteiger charge is 2.12. The van der Waals surface area contributed by atoms with Gasteiger partial charge in [-0.3, -0.25) is 9.59 Å². The Morgan fingerprint density at radius 2 is 1.52 bits per heavy atom. The maximum absolute atomic E-state index is 12.1. The fraction of sp³-hybridized carbons (Fsp3) is 0.412. The summed E-state index contributed by atoms with van der Waals surface area (Å²) < 4.78 is 0. The molecule has 0 atom stereocenters. The minimum absolute atomic E-state index is 0.0406. The molecule has 3 aromatic rings. The maximum atomic E-state index is 12.1. The number of nitrogens with one attached hydrogen (secondary N) is 2. The third kappa shape index (κ3) is 2.88. The molecule has 0 saturated heterocycles. The lowest BCUT2D eigenvalue weighted by atomic mass is 10.1. The van der Waals surface area contributed by atoms with Crippen LogP contribution in [0.15, 0.2) is 21.7 Å². The summed E-state index contributed by atoms with van der Waals surface area (Å²) in [6.07, 6.45) is 0.625. The standard InChI is InChI=1S/C17H20N4O2/c1-8(2)5-14-16(22)20-12-7-13-11(6-10(12)18-14)19-15(9(3)4)17(23)21-13/h6-9H,5H2,1-4H3,(H,20,22)(H,21,23). The van der Waals surface area contributed by atoms with Gasteiger partial charge < -0.3 is 9.97 Å². The van der Waals surface area contributed by atoms with Gasteiger partial charge in [-0.2, -0.15) is 0 Å². The zero-order chi connectivity index (χ0) is 16.7. The summed E-state index contributed by atoms with van der Waals surface area (Å²) in [4.78, 5) is 38.8. The first kappa shape index (κ1) is 15.4. The van der Waals surface area contributed by atoms with E-state index in [9.17, 15) is 9.59 Å². The van der Waals surface area contributed by atoms with Crippen molar-refractivity contribution >= 4 is 22.1 Å². The quantitative estimate of drug-likeness (QED) is 0.727. The summed E-state index contributed by atoms with van der Waals surface area (Å²) in [7, 11) is 0. The van der Waals surface area contributed by atoms with Gasteiger partial charge in [-0.15, -0.1) is 0 Å². The van der Waals surface area contributed by atoms with Gasteiger partial charge in [0.25, 0.3) is 11.1 Å². The van der Waals surface area contributed by atoms with Crippen LogP contribution >= 0.6 is 0 Å². The number of aromatic amines is 2. The molecular weight excluding hydrogens is 292 g/mol. The molecular formula is C17H20N4O2. The fourth-order valence-corrected chi connectivity index (χ4v) is 2.64. The topological polar surface area (TPSA) is 91.5 Å². The normalized spacial score (nSPS) is 11.9. The highest BCUT2D eigenvalue weighted by Crippen LogP contribution is 2.18. The van der Waals surface area contributed by atoms with Gasteiger partial charge in [-0.25, -0.2) is 9.97 Å². The van der Waals surface area contributed by atoms with Crippen LogP contribution in [-0.4, -0.2) is 19.9 Å². The summed E-state index contributed by atoms with van der Waals surface area (Å²) >= 11 is 0. The van der Waals surface area contributed by atoms with E-state index in [1.165, 1.54) is 0 Å². The SMILES string of the molecule is CC(C)Cc1nc2cc3nc(C(C)C)c(=O)[nH]c3cc2[nH]c1=O. The van der Waals surface area contributed by atoms with E-state index in [0.29, 0.717) is 45.8 Å². The lowest BCUT2D eigenvalue weighted by molar-refractivity contribution is 0.631. The minimum atomic E-state index is -0.196. The van der Waals surface area contributed by atoms with Gasteiger partial charge >= 0.3 is 0 Å². The zero-order valence-electron chi connectivity index (χ0n) is 13.7. The minimum Gasteiger partial charge on any atom is -0.319 e. The van der Waals surface area contributed by atoms with E-state index >= 15 is 0 Å². The van der Waals surface area contributed by atoms with Crippen LogP contribution in [0.25, 0.3) is 22.1 Å². The second-order valence-electron chi connectivity index (χ2n) is 6.60. The third-order valence-electron chi connectivity index (χ3n) is 3.75. The Bertz CT molecular complexity index is 999. The highest BCUT2D eigenvalue weighted by molar-refractivity contribution is 5.90. The number of hydrogen-bond acceptors (Lipinski definition) is 4. The van der Waals surface area contributed by atoms with Gasteiger partial charge in [0.2, 0.25) is 0 Å². The first-order valence-electron chi connectivity index (χ1n) is 7.82. The van der Waals surface area contributed by atoms with Gasteiger partial charge in [-0.05, 0) is 24.5 Å². The van der Waals surface area contributed by atoms with Gasteiger partial charge in [0.1, 0.15) is 11.4 Å². The molecule has 120 valence electrons. The van der Waals surface area contributed by atoms with Crippen LogP contribution in [0.5, 0.6) is 0 Å². The molecule has 0 saturated carbocycles. The van der Waals surface area contributed by atoms with E-state index in [1.807, 2.05) is 33.8 Å². The molecule has 0 aliphatic rings. The summed E-state index contributed by atoms with van der Waals surface area (Å²) in [6.45, 7) is 7.96. The van der Waals surface area contributed by atoms with E-state index in [4.69, 9.17) is 0 Å². The van der Waals surface area contributed by atoms with E-state index in [2.05, 4.69) is 19.9 Å². The van der Waals surface area contributed by atoms with E-state index in [1.54, 1.807) is 6.07 Å². The zero-order valence-corrected chi connectivity index (χ0v) is 13.7. The summed E-state index contributed by atoms with van der Waals surface area (Å²) in [5, 5.41) is 0. The van der Waals surface area contributed by atoms with Crippen molar-refractivity contribution in [2.75, 3.05) is 0 Å². The Balaban J connectivity index is 2.27. The summed E-state index contributed by atoms with van der Waals surface area (Å²) in [6, 6.07) is 3.53. The van der Waals surface area contributed by atoms with Crippen molar-refractivity contribution in [3.8, 4) is 0 Å². The predicted molar refractivity (Wildman–Crippen MR) is 90.9 cm³/mol. The Morgan fingerprint density at radius 3 is 2.13 bits per heavy atom. The molecule has 2 aromatic heterocycles. The van der Waals surface area contributed by atoms with Crippen LogP contribution < -0.4 is 11.1 Å². The Hall–Kier alpha value is -2.50. The molecule has 0 radical (unpaired) electrons. The predicted octanol–water partition coefficient (Wildman–Crippen LogP) is 2.48. The van der Waals surface area contributed by atoms with Gasteiger partial charge in [0, 0.05) is 5.92 Å². The van der Waals surface area contributed by atoms with E-state index in [-0.39, 0.29) is 17.0 Å². The average Bonchev–Trinajstić information content (AvgIpc) is 2.45. The van der Waals surface area contributed by atoms with Crippen LogP contribution in [0.1, 0.15) is 45.0 Å². The van der Waals surface area contributed by atoms with Crippen LogP contribution in [0.4, 0.5) is 0 Å². The maximum Gasteiger partial charge on any atom is 0.270 e. The number of fused-ring (bicyclic) bond motifs is 2. The number of hydrogen-bond donors (Lipinski definition) is 2. The molecule has 0 unspecified atom stereocenters. The van der Waals surface area contributed by atoms with Crippen LogP contribution in [0, 0.1) is 5.92 Å². The average molecular weight is 312 g/mol. The van der Waals surface area contributed by atoms with Crippen LogP contribution in [0.2, 0.25) is 0 Å². The van der Waals surface area contributed by atoms with Crippen molar-refractivity contribution in [3.63, 3.8) is 0 Å². The molecule has 3 rings (SSSR count). The first-order chi connectivity index (χ1) is 10.8. The highest BCUT2D eigenvalue weighted by atomic mass is 16.1. The monoisotopic (exact) mass is 312 g/mol. The molecule has 0 aliphatic carbocycles. The molecule has 0 fully saturated rings. The van der Waals surface area contributed by atoms with Crippen LogP contribution in [-0.2, 0) is 6.42 Å². The van der Waals surface area contributed by atoms with Crippen molar-refractivity contribution in [3.05, 3.63) is 44.2 Å². The molecule has 0 spiro atoms. The summed E-state index contributed by atoms with van der Waals surface area (Å²) in [5.74, 6) is 0.391. The van der Waals surface area contributed by atoms with E-state index < -0.39 is 0 Å². The molecule has 0 bridgehead atoms. The van der Waals surface area contributed by atoms with Crippen molar-refractivity contribution < 1.29 is 0 Å². The molecule has 2 N–H and O–H groups in total. The van der Waals surface area contributed by atoms with Crippen molar-refractivity contribution in [1.82, 2.24) is 19.9 Å². The molecule has 2 heterocycles. The number of aromatic nitrogens is 4. The summed E-state index contributed by atoms with van der Waals surface area (Å²) in [5.41, 5.74) is 3.21. The van der Waals surface area contributed by atoms with Crippen molar-refractivity contribution in [2.45, 2.75) is 40.0 Å². The van der Waals surface area contributed by atoms with Crippen molar-refractivity contribution in [2.24, 2.45) is 5.92 Å². The molecule has 0 aliphatic heterocycles. The van der Waals surface area contributed by atoms with Crippen molar-refractivity contribution in [1.29, 1.82) is 0 Å². The molecule has 6 heteroatoms. The van der Waals surface area contributed by atoms with Gasteiger partial charge in [0.15, 0.2) is 0 Å². The third-order valence-corrected chi connectivity index (χ3v) is 3.75. The number of nitrogens with zero attached hydrogens (tertiary/aromatic N) is 2.